The largest absolute Gasteiger partial charge is 0.393 e. The second-order valence-corrected chi connectivity index (χ2v) is 4.34. The summed E-state index contributed by atoms with van der Waals surface area (Å²) in [4.78, 5) is 6.06. The summed E-state index contributed by atoms with van der Waals surface area (Å²) in [6.07, 6.45) is 0. The third-order valence-electron chi connectivity index (χ3n) is 1.97. The van der Waals surface area contributed by atoms with E-state index in [1.165, 1.54) is 5.56 Å². The van der Waals surface area contributed by atoms with Crippen molar-refractivity contribution in [1.29, 1.82) is 0 Å². The topological polar surface area (TPSA) is 47.6 Å². The molecular weight excluding hydrogens is 196 g/mol. The highest BCUT2D eigenvalue weighted by atomic mass is 32.2. The highest BCUT2D eigenvalue weighted by Crippen LogP contribution is 2.23. The Kier molecular flexibility index (Phi) is 2.74. The molecule has 14 heavy (non-hydrogen) atoms. The molecule has 2 N–H and O–H groups in total. The van der Waals surface area contributed by atoms with E-state index in [1.54, 1.807) is 11.8 Å². The molecule has 1 atom stereocenters. The number of thioether (sulfide) groups is 1. The lowest BCUT2D eigenvalue weighted by Gasteiger charge is -2.03. The fourth-order valence-corrected chi connectivity index (χ4v) is 1.96. The van der Waals surface area contributed by atoms with Gasteiger partial charge in [-0.2, -0.15) is 0 Å². The molecule has 0 amide bonds. The molecule has 1 aromatic carbocycles. The van der Waals surface area contributed by atoms with Crippen LogP contribution in [0.3, 0.4) is 0 Å². The molecule has 2 rings (SSSR count). The third kappa shape index (κ3) is 2.08. The third-order valence-corrected chi connectivity index (χ3v) is 3.06. The molecule has 0 aromatic heterocycles. The molecule has 0 aliphatic carbocycles. The van der Waals surface area contributed by atoms with Crippen molar-refractivity contribution >= 4 is 16.8 Å². The Balaban J connectivity index is 2.07. The van der Waals surface area contributed by atoms with Gasteiger partial charge in [0.1, 0.15) is 11.7 Å². The van der Waals surface area contributed by atoms with Crippen molar-refractivity contribution in [3.05, 3.63) is 29.8 Å². The van der Waals surface area contributed by atoms with Gasteiger partial charge in [-0.25, -0.2) is 0 Å². The maximum Gasteiger partial charge on any atom is 0.138 e. The highest BCUT2D eigenvalue weighted by molar-refractivity contribution is 8.14. The quantitative estimate of drug-likeness (QED) is 0.765. The summed E-state index contributed by atoms with van der Waals surface area (Å²) in [7, 11) is 0. The first-order valence-corrected chi connectivity index (χ1v) is 5.27. The molecule has 1 aliphatic rings. The Morgan fingerprint density at radius 1 is 1.43 bits per heavy atom. The molecular formula is C10H12N2OS. The predicted molar refractivity (Wildman–Crippen MR) is 58.4 cm³/mol. The maximum absolute atomic E-state index is 5.78. The van der Waals surface area contributed by atoms with E-state index in [9.17, 15) is 0 Å². The monoisotopic (exact) mass is 208 g/mol. The van der Waals surface area contributed by atoms with Crippen molar-refractivity contribution < 1.29 is 4.84 Å². The number of benzene rings is 1. The molecule has 74 valence electrons. The van der Waals surface area contributed by atoms with E-state index >= 15 is 0 Å². The Morgan fingerprint density at radius 3 is 2.71 bits per heavy atom. The van der Waals surface area contributed by atoms with Crippen LogP contribution in [-0.2, 0) is 4.84 Å². The van der Waals surface area contributed by atoms with Gasteiger partial charge in [0, 0.05) is 4.90 Å². The normalized spacial score (nSPS) is 20.4. The van der Waals surface area contributed by atoms with Gasteiger partial charge < -0.3 is 10.6 Å². The van der Waals surface area contributed by atoms with Gasteiger partial charge in [-0.1, -0.05) is 34.6 Å². The molecule has 0 bridgehead atoms. The van der Waals surface area contributed by atoms with E-state index < -0.39 is 0 Å². The van der Waals surface area contributed by atoms with E-state index in [0.29, 0.717) is 6.61 Å². The lowest BCUT2D eigenvalue weighted by Crippen LogP contribution is -2.27. The van der Waals surface area contributed by atoms with Crippen LogP contribution < -0.4 is 5.73 Å². The molecule has 0 saturated carbocycles. The van der Waals surface area contributed by atoms with Gasteiger partial charge in [0.2, 0.25) is 0 Å². The van der Waals surface area contributed by atoms with Crippen LogP contribution in [0.1, 0.15) is 5.56 Å². The average Bonchev–Trinajstić information content (AvgIpc) is 2.56. The van der Waals surface area contributed by atoms with E-state index in [4.69, 9.17) is 10.6 Å². The second-order valence-electron chi connectivity index (χ2n) is 3.25. The number of nitrogens with zero attached hydrogens (tertiary/aromatic N) is 1. The summed E-state index contributed by atoms with van der Waals surface area (Å²) in [6.45, 7) is 2.56. The van der Waals surface area contributed by atoms with Crippen molar-refractivity contribution in [2.24, 2.45) is 10.9 Å². The van der Waals surface area contributed by atoms with E-state index in [2.05, 4.69) is 36.3 Å². The maximum atomic E-state index is 5.78. The summed E-state index contributed by atoms with van der Waals surface area (Å²) in [5, 5.41) is 4.74. The summed E-state index contributed by atoms with van der Waals surface area (Å²) in [5.41, 5.74) is 7.03. The minimum Gasteiger partial charge on any atom is -0.393 e. The van der Waals surface area contributed by atoms with Crippen molar-refractivity contribution in [2.75, 3.05) is 6.61 Å². The van der Waals surface area contributed by atoms with E-state index in [-0.39, 0.29) is 6.04 Å². The van der Waals surface area contributed by atoms with Crippen LogP contribution in [-0.4, -0.2) is 17.7 Å². The minimum absolute atomic E-state index is 0.0682. The molecule has 4 heteroatoms. The van der Waals surface area contributed by atoms with Crippen LogP contribution in [0.2, 0.25) is 0 Å². The van der Waals surface area contributed by atoms with Crippen molar-refractivity contribution in [2.45, 2.75) is 17.9 Å². The standard InChI is InChI=1S/C10H12N2OS/c1-7-2-4-8(5-3-7)14-10-9(11)6-13-12-10/h2-5,9H,6,11H2,1H3. The van der Waals surface area contributed by atoms with Gasteiger partial charge in [-0.05, 0) is 19.1 Å². The molecule has 1 unspecified atom stereocenters. The van der Waals surface area contributed by atoms with E-state index in [1.807, 2.05) is 0 Å². The van der Waals surface area contributed by atoms with Gasteiger partial charge >= 0.3 is 0 Å². The zero-order chi connectivity index (χ0) is 9.97. The van der Waals surface area contributed by atoms with Gasteiger partial charge in [-0.3, -0.25) is 0 Å². The number of aryl methyl sites for hydroxylation is 1. The molecule has 0 spiro atoms. The first-order chi connectivity index (χ1) is 6.75. The molecule has 1 heterocycles. The van der Waals surface area contributed by atoms with Gasteiger partial charge in [0.05, 0.1) is 6.04 Å². The van der Waals surface area contributed by atoms with Gasteiger partial charge in [0.15, 0.2) is 0 Å². The highest BCUT2D eigenvalue weighted by Gasteiger charge is 2.19. The number of rotatable bonds is 1. The van der Waals surface area contributed by atoms with Gasteiger partial charge in [0.25, 0.3) is 0 Å². The van der Waals surface area contributed by atoms with Crippen LogP contribution >= 0.6 is 11.8 Å². The predicted octanol–water partition coefficient (Wildman–Crippen LogP) is 1.76. The molecule has 0 saturated heterocycles. The Morgan fingerprint density at radius 2 is 2.14 bits per heavy atom. The molecule has 0 radical (unpaired) electrons. The average molecular weight is 208 g/mol. The van der Waals surface area contributed by atoms with Crippen molar-refractivity contribution in [1.82, 2.24) is 0 Å². The summed E-state index contributed by atoms with van der Waals surface area (Å²) in [5.74, 6) is 0. The lowest BCUT2D eigenvalue weighted by molar-refractivity contribution is 0.167. The fraction of sp³-hybridized carbons (Fsp3) is 0.300. The van der Waals surface area contributed by atoms with E-state index in [0.717, 1.165) is 9.94 Å². The smallest absolute Gasteiger partial charge is 0.138 e. The first kappa shape index (κ1) is 9.55. The summed E-state index contributed by atoms with van der Waals surface area (Å²) in [6, 6.07) is 8.21. The number of hydrogen-bond donors (Lipinski definition) is 1. The molecule has 0 fully saturated rings. The first-order valence-electron chi connectivity index (χ1n) is 4.45. The van der Waals surface area contributed by atoms with Crippen LogP contribution in [0, 0.1) is 6.92 Å². The molecule has 1 aliphatic heterocycles. The zero-order valence-electron chi connectivity index (χ0n) is 7.93. The van der Waals surface area contributed by atoms with Crippen molar-refractivity contribution in [3.63, 3.8) is 0 Å². The summed E-state index contributed by atoms with van der Waals surface area (Å²) < 4.78 is 0. The van der Waals surface area contributed by atoms with Crippen LogP contribution in [0.4, 0.5) is 0 Å². The summed E-state index contributed by atoms with van der Waals surface area (Å²) >= 11 is 1.57. The molecule has 1 aromatic rings. The molecule has 3 nitrogen and oxygen atoms in total. The fourth-order valence-electron chi connectivity index (χ4n) is 1.14. The Labute approximate surface area is 87.3 Å². The zero-order valence-corrected chi connectivity index (χ0v) is 8.75. The number of oxime groups is 1. The van der Waals surface area contributed by atoms with Crippen LogP contribution in [0.25, 0.3) is 0 Å². The Hall–Kier alpha value is -1.00. The van der Waals surface area contributed by atoms with Crippen molar-refractivity contribution in [3.8, 4) is 0 Å². The lowest BCUT2D eigenvalue weighted by atomic mass is 10.2. The number of hydrogen-bond acceptors (Lipinski definition) is 4. The second kappa shape index (κ2) is 4.02. The van der Waals surface area contributed by atoms with Gasteiger partial charge in [-0.15, -0.1) is 0 Å². The van der Waals surface area contributed by atoms with Crippen LogP contribution in [0.5, 0.6) is 0 Å². The SMILES string of the molecule is Cc1ccc(SC2=NOCC2N)cc1. The minimum atomic E-state index is -0.0682. The van der Waals surface area contributed by atoms with Crippen LogP contribution in [0.15, 0.2) is 34.3 Å². The Bertz CT molecular complexity index is 348. The number of nitrogens with two attached hydrogens (primary N) is 1.